The van der Waals surface area contributed by atoms with E-state index in [1.54, 1.807) is 6.20 Å². The van der Waals surface area contributed by atoms with Gasteiger partial charge in [-0.15, -0.1) is 0 Å². The number of rotatable bonds is 8. The van der Waals surface area contributed by atoms with E-state index in [1.807, 2.05) is 12.5 Å². The van der Waals surface area contributed by atoms with Gasteiger partial charge in [0.25, 0.3) is 0 Å². The molecule has 4 heteroatoms. The number of hydrogen-bond donors (Lipinski definition) is 1. The van der Waals surface area contributed by atoms with E-state index in [4.69, 9.17) is 5.11 Å². The van der Waals surface area contributed by atoms with Crippen LogP contribution in [0.3, 0.4) is 0 Å². The molecule has 0 aliphatic heterocycles. The standard InChI is InChI=1S/C16H23N3O/c1-15-3-5-16(6-4-15)13-18(8-2-12-20)10-11-19-9-7-17-14-19/h3-7,9,14,20H,2,8,10-13H2,1H3. The maximum absolute atomic E-state index is 9.03. The summed E-state index contributed by atoms with van der Waals surface area (Å²) in [7, 11) is 0. The fourth-order valence-corrected chi connectivity index (χ4v) is 2.19. The van der Waals surface area contributed by atoms with Gasteiger partial charge < -0.3 is 9.67 Å². The van der Waals surface area contributed by atoms with Gasteiger partial charge in [0, 0.05) is 45.2 Å². The number of aryl methyl sites for hydroxylation is 1. The summed E-state index contributed by atoms with van der Waals surface area (Å²) in [4.78, 5) is 6.44. The van der Waals surface area contributed by atoms with Gasteiger partial charge in [-0.3, -0.25) is 4.90 Å². The van der Waals surface area contributed by atoms with Crippen LogP contribution in [0.15, 0.2) is 43.0 Å². The molecule has 2 rings (SSSR count). The monoisotopic (exact) mass is 273 g/mol. The molecule has 4 nitrogen and oxygen atoms in total. The molecule has 0 aliphatic carbocycles. The molecule has 0 unspecified atom stereocenters. The van der Waals surface area contributed by atoms with E-state index < -0.39 is 0 Å². The summed E-state index contributed by atoms with van der Waals surface area (Å²) in [6, 6.07) is 8.65. The molecule has 0 atom stereocenters. The Hall–Kier alpha value is -1.65. The highest BCUT2D eigenvalue weighted by Gasteiger charge is 2.06. The van der Waals surface area contributed by atoms with Gasteiger partial charge in [0.1, 0.15) is 0 Å². The molecule has 0 spiro atoms. The fraction of sp³-hybridized carbons (Fsp3) is 0.438. The molecule has 0 radical (unpaired) electrons. The molecular weight excluding hydrogens is 250 g/mol. The van der Waals surface area contributed by atoms with Gasteiger partial charge in [-0.1, -0.05) is 29.8 Å². The van der Waals surface area contributed by atoms with Crippen LogP contribution in [0.5, 0.6) is 0 Å². The van der Waals surface area contributed by atoms with E-state index in [9.17, 15) is 0 Å². The van der Waals surface area contributed by atoms with Gasteiger partial charge in [-0.05, 0) is 18.9 Å². The lowest BCUT2D eigenvalue weighted by Gasteiger charge is -2.22. The topological polar surface area (TPSA) is 41.3 Å². The minimum absolute atomic E-state index is 0.246. The summed E-state index contributed by atoms with van der Waals surface area (Å²) in [5.41, 5.74) is 2.60. The van der Waals surface area contributed by atoms with Gasteiger partial charge in [-0.2, -0.15) is 0 Å². The number of nitrogens with zero attached hydrogens (tertiary/aromatic N) is 3. The molecule has 0 bridgehead atoms. The first-order valence-corrected chi connectivity index (χ1v) is 7.12. The van der Waals surface area contributed by atoms with Crippen LogP contribution in [0, 0.1) is 6.92 Å². The second kappa shape index (κ2) is 7.82. The van der Waals surface area contributed by atoms with Gasteiger partial charge in [-0.25, -0.2) is 4.98 Å². The Morgan fingerprint density at radius 3 is 2.65 bits per heavy atom. The molecule has 0 aliphatic rings. The van der Waals surface area contributed by atoms with E-state index in [0.29, 0.717) is 0 Å². The zero-order valence-corrected chi connectivity index (χ0v) is 12.1. The summed E-state index contributed by atoms with van der Waals surface area (Å²) in [6.07, 6.45) is 6.44. The van der Waals surface area contributed by atoms with E-state index in [1.165, 1.54) is 11.1 Å². The molecule has 0 amide bonds. The summed E-state index contributed by atoms with van der Waals surface area (Å²) >= 11 is 0. The molecule has 1 aromatic heterocycles. The van der Waals surface area contributed by atoms with Crippen molar-refractivity contribution in [1.29, 1.82) is 0 Å². The summed E-state index contributed by atoms with van der Waals surface area (Å²) in [6.45, 7) is 6.08. The predicted octanol–water partition coefficient (Wildman–Crippen LogP) is 2.08. The van der Waals surface area contributed by atoms with Crippen LogP contribution in [-0.4, -0.2) is 39.3 Å². The quantitative estimate of drug-likeness (QED) is 0.800. The molecule has 20 heavy (non-hydrogen) atoms. The molecule has 0 fully saturated rings. The Labute approximate surface area is 120 Å². The van der Waals surface area contributed by atoms with Crippen LogP contribution in [0.4, 0.5) is 0 Å². The van der Waals surface area contributed by atoms with Crippen LogP contribution < -0.4 is 0 Å². The number of aliphatic hydroxyl groups excluding tert-OH is 1. The number of aromatic nitrogens is 2. The lowest BCUT2D eigenvalue weighted by molar-refractivity contribution is 0.213. The van der Waals surface area contributed by atoms with Crippen LogP contribution in [0.2, 0.25) is 0 Å². The van der Waals surface area contributed by atoms with Gasteiger partial charge in [0.15, 0.2) is 0 Å². The molecular formula is C16H23N3O. The number of imidazole rings is 1. The summed E-state index contributed by atoms with van der Waals surface area (Å²) in [5, 5.41) is 9.03. The van der Waals surface area contributed by atoms with Crippen molar-refractivity contribution in [3.63, 3.8) is 0 Å². The average Bonchev–Trinajstić information content (AvgIpc) is 2.97. The maximum Gasteiger partial charge on any atom is 0.0946 e. The highest BCUT2D eigenvalue weighted by atomic mass is 16.3. The molecule has 1 heterocycles. The van der Waals surface area contributed by atoms with Crippen LogP contribution in [0.25, 0.3) is 0 Å². The van der Waals surface area contributed by atoms with Crippen molar-refractivity contribution in [2.45, 2.75) is 26.4 Å². The van der Waals surface area contributed by atoms with E-state index >= 15 is 0 Å². The third-order valence-corrected chi connectivity index (χ3v) is 3.39. The minimum atomic E-state index is 0.246. The molecule has 108 valence electrons. The third kappa shape index (κ3) is 4.79. The average molecular weight is 273 g/mol. The smallest absolute Gasteiger partial charge is 0.0946 e. The van der Waals surface area contributed by atoms with Gasteiger partial charge in [0.05, 0.1) is 6.33 Å². The first-order chi connectivity index (χ1) is 9.78. The second-order valence-electron chi connectivity index (χ2n) is 5.14. The lowest BCUT2D eigenvalue weighted by atomic mass is 10.1. The van der Waals surface area contributed by atoms with Gasteiger partial charge in [0.2, 0.25) is 0 Å². The predicted molar refractivity (Wildman–Crippen MR) is 80.4 cm³/mol. The largest absolute Gasteiger partial charge is 0.396 e. The number of benzene rings is 1. The van der Waals surface area contributed by atoms with Gasteiger partial charge >= 0.3 is 0 Å². The molecule has 2 aromatic rings. The van der Waals surface area contributed by atoms with Crippen molar-refractivity contribution in [1.82, 2.24) is 14.5 Å². The third-order valence-electron chi connectivity index (χ3n) is 3.39. The lowest BCUT2D eigenvalue weighted by Crippen LogP contribution is -2.28. The first kappa shape index (κ1) is 14.8. The van der Waals surface area contributed by atoms with E-state index in [2.05, 4.69) is 45.6 Å². The Morgan fingerprint density at radius 1 is 1.20 bits per heavy atom. The van der Waals surface area contributed by atoms with Crippen molar-refractivity contribution in [2.24, 2.45) is 0 Å². The second-order valence-corrected chi connectivity index (χ2v) is 5.14. The molecule has 1 N–H and O–H groups in total. The minimum Gasteiger partial charge on any atom is -0.396 e. The van der Waals surface area contributed by atoms with Crippen molar-refractivity contribution in [2.75, 3.05) is 19.7 Å². The van der Waals surface area contributed by atoms with Crippen molar-refractivity contribution >= 4 is 0 Å². The van der Waals surface area contributed by atoms with Crippen molar-refractivity contribution in [3.05, 3.63) is 54.1 Å². The van der Waals surface area contributed by atoms with Crippen LogP contribution >= 0.6 is 0 Å². The van der Waals surface area contributed by atoms with Crippen molar-refractivity contribution < 1.29 is 5.11 Å². The Morgan fingerprint density at radius 2 is 2.00 bits per heavy atom. The van der Waals surface area contributed by atoms with Crippen molar-refractivity contribution in [3.8, 4) is 0 Å². The fourth-order valence-electron chi connectivity index (χ4n) is 2.19. The SMILES string of the molecule is Cc1ccc(CN(CCCO)CCn2ccnc2)cc1. The number of hydrogen-bond acceptors (Lipinski definition) is 3. The Kier molecular flexibility index (Phi) is 5.77. The highest BCUT2D eigenvalue weighted by molar-refractivity contribution is 5.21. The molecule has 0 saturated carbocycles. The normalized spacial score (nSPS) is 11.2. The van der Waals surface area contributed by atoms with Crippen LogP contribution in [0.1, 0.15) is 17.5 Å². The summed E-state index contributed by atoms with van der Waals surface area (Å²) < 4.78 is 2.08. The zero-order valence-electron chi connectivity index (χ0n) is 12.1. The Bertz CT molecular complexity index is 479. The van der Waals surface area contributed by atoms with Crippen LogP contribution in [-0.2, 0) is 13.1 Å². The molecule has 0 saturated heterocycles. The van der Waals surface area contributed by atoms with E-state index in [0.717, 1.165) is 32.6 Å². The first-order valence-electron chi connectivity index (χ1n) is 7.12. The Balaban J connectivity index is 1.90. The summed E-state index contributed by atoms with van der Waals surface area (Å²) in [5.74, 6) is 0. The molecule has 1 aromatic carbocycles. The maximum atomic E-state index is 9.03. The van der Waals surface area contributed by atoms with E-state index in [-0.39, 0.29) is 6.61 Å². The number of aliphatic hydroxyl groups is 1. The highest BCUT2D eigenvalue weighted by Crippen LogP contribution is 2.08. The zero-order chi connectivity index (χ0) is 14.2.